The van der Waals surface area contributed by atoms with Crippen molar-refractivity contribution in [2.45, 2.75) is 6.92 Å². The van der Waals surface area contributed by atoms with Crippen molar-refractivity contribution in [3.05, 3.63) is 0 Å². The van der Waals surface area contributed by atoms with E-state index in [1.54, 1.807) is 6.92 Å². The van der Waals surface area contributed by atoms with Gasteiger partial charge in [-0.1, -0.05) is 0 Å². The van der Waals surface area contributed by atoms with Crippen LogP contribution >= 0.6 is 0 Å². The predicted molar refractivity (Wildman–Crippen MR) is 71.0 cm³/mol. The van der Waals surface area contributed by atoms with Crippen molar-refractivity contribution in [1.29, 1.82) is 0 Å². The Hall–Kier alpha value is -0.980. The molecular weight excluding hydrogens is 246 g/mol. The molecule has 2 saturated heterocycles. The third kappa shape index (κ3) is 4.56. The number of Topliss-reactive ketones (excluding diaryl/α,β-unsaturated/α-hetero) is 1. The molecule has 1 amide bonds. The monoisotopic (exact) mass is 269 g/mol. The van der Waals surface area contributed by atoms with Gasteiger partial charge >= 0.3 is 0 Å². The highest BCUT2D eigenvalue weighted by Crippen LogP contribution is 2.04. The first kappa shape index (κ1) is 14.4. The van der Waals surface area contributed by atoms with E-state index in [9.17, 15) is 9.59 Å². The van der Waals surface area contributed by atoms with E-state index < -0.39 is 0 Å². The second-order valence-corrected chi connectivity index (χ2v) is 5.25. The Kier molecular flexibility index (Phi) is 5.30. The minimum absolute atomic E-state index is 0.198. The first-order valence-corrected chi connectivity index (χ1v) is 6.95. The number of ether oxygens (including phenoxy) is 1. The molecule has 2 aliphatic rings. The smallest absolute Gasteiger partial charge is 0.236 e. The fourth-order valence-electron chi connectivity index (χ4n) is 2.52. The van der Waals surface area contributed by atoms with E-state index in [1.807, 2.05) is 4.90 Å². The van der Waals surface area contributed by atoms with Crippen molar-refractivity contribution in [3.63, 3.8) is 0 Å². The molecule has 2 aliphatic heterocycles. The lowest BCUT2D eigenvalue weighted by Gasteiger charge is -2.35. The summed E-state index contributed by atoms with van der Waals surface area (Å²) in [6, 6.07) is 0. The number of morpholine rings is 1. The second-order valence-electron chi connectivity index (χ2n) is 5.25. The Morgan fingerprint density at radius 1 is 0.895 bits per heavy atom. The zero-order chi connectivity index (χ0) is 13.7. The number of hydrogen-bond donors (Lipinski definition) is 0. The van der Waals surface area contributed by atoms with Crippen LogP contribution in [0.4, 0.5) is 0 Å². The Balaban J connectivity index is 1.69. The van der Waals surface area contributed by atoms with E-state index >= 15 is 0 Å². The van der Waals surface area contributed by atoms with Gasteiger partial charge in [0.05, 0.1) is 26.3 Å². The maximum Gasteiger partial charge on any atom is 0.236 e. The number of piperazine rings is 1. The standard InChI is InChI=1S/C13H23N3O3/c1-12(17)10-14-2-4-15(5-3-14)11-13(18)16-6-8-19-9-7-16/h2-11H2,1H3. The fourth-order valence-corrected chi connectivity index (χ4v) is 2.52. The summed E-state index contributed by atoms with van der Waals surface area (Å²) >= 11 is 0. The molecule has 2 heterocycles. The molecule has 0 radical (unpaired) electrons. The molecule has 0 aromatic heterocycles. The molecule has 0 spiro atoms. The van der Waals surface area contributed by atoms with Crippen LogP contribution in [0.2, 0.25) is 0 Å². The summed E-state index contributed by atoms with van der Waals surface area (Å²) in [6.45, 7) is 8.84. The molecule has 2 fully saturated rings. The van der Waals surface area contributed by atoms with Crippen LogP contribution in [0.5, 0.6) is 0 Å². The van der Waals surface area contributed by atoms with Gasteiger partial charge in [0.15, 0.2) is 0 Å². The van der Waals surface area contributed by atoms with Gasteiger partial charge in [0.1, 0.15) is 5.78 Å². The summed E-state index contributed by atoms with van der Waals surface area (Å²) in [5, 5.41) is 0. The van der Waals surface area contributed by atoms with Gasteiger partial charge in [-0.2, -0.15) is 0 Å². The number of carbonyl (C=O) groups is 2. The van der Waals surface area contributed by atoms with Crippen molar-refractivity contribution in [1.82, 2.24) is 14.7 Å². The number of amides is 1. The van der Waals surface area contributed by atoms with Crippen molar-refractivity contribution < 1.29 is 14.3 Å². The number of rotatable bonds is 4. The van der Waals surface area contributed by atoms with E-state index in [2.05, 4.69) is 9.80 Å². The van der Waals surface area contributed by atoms with Crippen LogP contribution in [0.25, 0.3) is 0 Å². The van der Waals surface area contributed by atoms with Gasteiger partial charge in [-0.05, 0) is 6.92 Å². The highest BCUT2D eigenvalue weighted by atomic mass is 16.5. The summed E-state index contributed by atoms with van der Waals surface area (Å²) < 4.78 is 5.24. The normalized spacial score (nSPS) is 22.5. The predicted octanol–water partition coefficient (Wildman–Crippen LogP) is -0.948. The van der Waals surface area contributed by atoms with Crippen molar-refractivity contribution >= 4 is 11.7 Å². The van der Waals surface area contributed by atoms with E-state index in [4.69, 9.17) is 4.74 Å². The lowest BCUT2D eigenvalue weighted by molar-refractivity contribution is -0.137. The fraction of sp³-hybridized carbons (Fsp3) is 0.846. The Bertz CT molecular complexity index is 321. The molecule has 0 bridgehead atoms. The Labute approximate surface area is 114 Å². The number of nitrogens with zero attached hydrogens (tertiary/aromatic N) is 3. The van der Waals surface area contributed by atoms with Gasteiger partial charge in [0.25, 0.3) is 0 Å². The molecule has 2 rings (SSSR count). The lowest BCUT2D eigenvalue weighted by Crippen LogP contribution is -2.52. The van der Waals surface area contributed by atoms with Gasteiger partial charge in [-0.15, -0.1) is 0 Å². The van der Waals surface area contributed by atoms with Crippen LogP contribution in [0, 0.1) is 0 Å². The molecule has 0 unspecified atom stereocenters. The zero-order valence-corrected chi connectivity index (χ0v) is 11.6. The maximum atomic E-state index is 12.1. The van der Waals surface area contributed by atoms with E-state index in [0.717, 1.165) is 26.2 Å². The van der Waals surface area contributed by atoms with Gasteiger partial charge in [-0.3, -0.25) is 19.4 Å². The van der Waals surface area contributed by atoms with Gasteiger partial charge in [0, 0.05) is 39.3 Å². The summed E-state index contributed by atoms with van der Waals surface area (Å²) in [4.78, 5) is 29.3. The highest BCUT2D eigenvalue weighted by Gasteiger charge is 2.23. The molecular formula is C13H23N3O3. The topological polar surface area (TPSA) is 53.1 Å². The molecule has 19 heavy (non-hydrogen) atoms. The summed E-state index contributed by atoms with van der Waals surface area (Å²) in [7, 11) is 0. The molecule has 0 saturated carbocycles. The van der Waals surface area contributed by atoms with Crippen LogP contribution in [0.1, 0.15) is 6.92 Å². The third-order valence-electron chi connectivity index (χ3n) is 3.63. The van der Waals surface area contributed by atoms with Crippen LogP contribution in [-0.4, -0.2) is 92.0 Å². The van der Waals surface area contributed by atoms with Gasteiger partial charge in [0.2, 0.25) is 5.91 Å². The molecule has 0 atom stereocenters. The third-order valence-corrected chi connectivity index (χ3v) is 3.63. The van der Waals surface area contributed by atoms with Gasteiger partial charge in [-0.25, -0.2) is 0 Å². The summed E-state index contributed by atoms with van der Waals surface area (Å²) in [5.74, 6) is 0.404. The average molecular weight is 269 g/mol. The van der Waals surface area contributed by atoms with Crippen LogP contribution < -0.4 is 0 Å². The minimum Gasteiger partial charge on any atom is -0.378 e. The number of hydrogen-bond acceptors (Lipinski definition) is 5. The molecule has 6 nitrogen and oxygen atoms in total. The largest absolute Gasteiger partial charge is 0.378 e. The zero-order valence-electron chi connectivity index (χ0n) is 11.6. The Morgan fingerprint density at radius 3 is 1.95 bits per heavy atom. The second kappa shape index (κ2) is 6.98. The maximum absolute atomic E-state index is 12.1. The summed E-state index contributed by atoms with van der Waals surface area (Å²) in [6.07, 6.45) is 0. The highest BCUT2D eigenvalue weighted by molar-refractivity contribution is 5.78. The van der Waals surface area contributed by atoms with Crippen molar-refractivity contribution in [2.24, 2.45) is 0 Å². The van der Waals surface area contributed by atoms with Crippen LogP contribution in [0.3, 0.4) is 0 Å². The molecule has 108 valence electrons. The molecule has 0 N–H and O–H groups in total. The number of carbonyl (C=O) groups excluding carboxylic acids is 2. The van der Waals surface area contributed by atoms with E-state index in [1.165, 1.54) is 0 Å². The lowest BCUT2D eigenvalue weighted by atomic mass is 10.2. The quantitative estimate of drug-likeness (QED) is 0.659. The van der Waals surface area contributed by atoms with E-state index in [0.29, 0.717) is 39.4 Å². The SMILES string of the molecule is CC(=O)CN1CCN(CC(=O)N2CCOCC2)CC1. The van der Waals surface area contributed by atoms with E-state index in [-0.39, 0.29) is 11.7 Å². The number of ketones is 1. The first-order chi connectivity index (χ1) is 9.15. The average Bonchev–Trinajstić information content (AvgIpc) is 2.41. The molecule has 0 aromatic carbocycles. The summed E-state index contributed by atoms with van der Waals surface area (Å²) in [5.41, 5.74) is 0. The van der Waals surface area contributed by atoms with Crippen molar-refractivity contribution in [2.75, 3.05) is 65.6 Å². The van der Waals surface area contributed by atoms with Crippen molar-refractivity contribution in [3.8, 4) is 0 Å². The van der Waals surface area contributed by atoms with Crippen LogP contribution in [0.15, 0.2) is 0 Å². The molecule has 0 aromatic rings. The van der Waals surface area contributed by atoms with Gasteiger partial charge < -0.3 is 9.64 Å². The molecule has 6 heteroatoms. The molecule has 0 aliphatic carbocycles. The Morgan fingerprint density at radius 2 is 1.42 bits per heavy atom. The first-order valence-electron chi connectivity index (χ1n) is 6.95. The minimum atomic E-state index is 0.198. The van der Waals surface area contributed by atoms with Crippen LogP contribution in [-0.2, 0) is 14.3 Å².